The minimum atomic E-state index is -1.41. The molecule has 0 aromatic heterocycles. The van der Waals surface area contributed by atoms with Crippen LogP contribution < -0.4 is 0 Å². The Hall–Kier alpha value is -2.03. The molecule has 0 aliphatic rings. The quantitative estimate of drug-likeness (QED) is 0.309. The molecule has 0 nitrogen and oxygen atoms in total. The summed E-state index contributed by atoms with van der Waals surface area (Å²) in [4.78, 5) is 0. The van der Waals surface area contributed by atoms with Crippen molar-refractivity contribution < 1.29 is 13.2 Å². The van der Waals surface area contributed by atoms with E-state index in [1.54, 1.807) is 0 Å². The predicted molar refractivity (Wildman–Crippen MR) is 103 cm³/mol. The lowest BCUT2D eigenvalue weighted by molar-refractivity contribution is 0.445. The standard InChI is InChI=1S/C23H27F3/c1-2-3-4-5-6-7-8-9-18-10-12-19(13-11-18)14-15-20-16-21(24)23(26)22(25)17-20/h8-13,16-17H,2-7,14-15H2,1H3/b9-8+. The van der Waals surface area contributed by atoms with Crippen molar-refractivity contribution in [1.29, 1.82) is 0 Å². The van der Waals surface area contributed by atoms with Crippen molar-refractivity contribution in [2.75, 3.05) is 0 Å². The van der Waals surface area contributed by atoms with Gasteiger partial charge in [0.25, 0.3) is 0 Å². The van der Waals surface area contributed by atoms with Crippen molar-refractivity contribution in [2.24, 2.45) is 0 Å². The topological polar surface area (TPSA) is 0 Å². The van der Waals surface area contributed by atoms with Gasteiger partial charge in [0.2, 0.25) is 0 Å². The highest BCUT2D eigenvalue weighted by molar-refractivity contribution is 5.49. The third-order valence-corrected chi connectivity index (χ3v) is 4.51. The SMILES string of the molecule is CCCCCCC/C=C/c1ccc(CCc2cc(F)c(F)c(F)c2)cc1. The molecule has 0 saturated carbocycles. The maximum absolute atomic E-state index is 13.2. The summed E-state index contributed by atoms with van der Waals surface area (Å²) < 4.78 is 39.4. The van der Waals surface area contributed by atoms with E-state index in [1.165, 1.54) is 32.1 Å². The normalized spacial score (nSPS) is 11.4. The van der Waals surface area contributed by atoms with Crippen LogP contribution in [0.5, 0.6) is 0 Å². The van der Waals surface area contributed by atoms with E-state index < -0.39 is 17.5 Å². The molecular weight excluding hydrogens is 333 g/mol. The van der Waals surface area contributed by atoms with Gasteiger partial charge in [0.15, 0.2) is 17.5 Å². The van der Waals surface area contributed by atoms with Gasteiger partial charge in [-0.1, -0.05) is 69.0 Å². The number of hydrogen-bond acceptors (Lipinski definition) is 0. The van der Waals surface area contributed by atoms with Crippen LogP contribution in [0, 0.1) is 17.5 Å². The maximum atomic E-state index is 13.2. The highest BCUT2D eigenvalue weighted by Crippen LogP contribution is 2.16. The largest absolute Gasteiger partial charge is 0.204 e. The summed E-state index contributed by atoms with van der Waals surface area (Å²) in [5.74, 6) is -3.67. The molecule has 2 rings (SSSR count). The molecule has 3 heteroatoms. The van der Waals surface area contributed by atoms with Crippen molar-refractivity contribution in [3.05, 3.63) is 76.6 Å². The van der Waals surface area contributed by atoms with Crippen LogP contribution in [0.4, 0.5) is 13.2 Å². The summed E-state index contributed by atoms with van der Waals surface area (Å²) in [6.07, 6.45) is 13.0. The van der Waals surface area contributed by atoms with E-state index in [1.807, 2.05) is 12.1 Å². The lowest BCUT2D eigenvalue weighted by Crippen LogP contribution is -1.97. The fourth-order valence-corrected chi connectivity index (χ4v) is 2.92. The van der Waals surface area contributed by atoms with Crippen molar-refractivity contribution in [3.63, 3.8) is 0 Å². The van der Waals surface area contributed by atoms with Crippen LogP contribution in [0.1, 0.15) is 62.1 Å². The lowest BCUT2D eigenvalue weighted by atomic mass is 10.0. The van der Waals surface area contributed by atoms with Gasteiger partial charge in [-0.15, -0.1) is 0 Å². The molecule has 140 valence electrons. The zero-order chi connectivity index (χ0) is 18.8. The van der Waals surface area contributed by atoms with Gasteiger partial charge in [0.05, 0.1) is 0 Å². The summed E-state index contributed by atoms with van der Waals surface area (Å²) >= 11 is 0. The molecule has 0 aliphatic carbocycles. The molecule has 0 amide bonds. The van der Waals surface area contributed by atoms with Crippen LogP contribution in [0.15, 0.2) is 42.5 Å². The van der Waals surface area contributed by atoms with Crippen molar-refractivity contribution in [3.8, 4) is 0 Å². The Morgan fingerprint density at radius 3 is 2.04 bits per heavy atom. The Bertz CT molecular complexity index is 679. The fourth-order valence-electron chi connectivity index (χ4n) is 2.92. The van der Waals surface area contributed by atoms with Gasteiger partial charge >= 0.3 is 0 Å². The summed E-state index contributed by atoms with van der Waals surface area (Å²) in [6, 6.07) is 10.3. The number of halogens is 3. The van der Waals surface area contributed by atoms with E-state index in [0.717, 1.165) is 29.7 Å². The molecule has 0 heterocycles. The zero-order valence-corrected chi connectivity index (χ0v) is 15.4. The first-order valence-electron chi connectivity index (χ1n) is 9.49. The molecule has 0 fully saturated rings. The van der Waals surface area contributed by atoms with Crippen molar-refractivity contribution >= 4 is 6.08 Å². The van der Waals surface area contributed by atoms with Crippen molar-refractivity contribution in [2.45, 2.75) is 58.3 Å². The van der Waals surface area contributed by atoms with Crippen molar-refractivity contribution in [1.82, 2.24) is 0 Å². The van der Waals surface area contributed by atoms with Crippen LogP contribution in [0.3, 0.4) is 0 Å². The van der Waals surface area contributed by atoms with Crippen LogP contribution in [0.2, 0.25) is 0 Å². The molecule has 0 atom stereocenters. The number of aryl methyl sites for hydroxylation is 2. The van der Waals surface area contributed by atoms with E-state index >= 15 is 0 Å². The van der Waals surface area contributed by atoms with E-state index in [0.29, 0.717) is 18.4 Å². The summed E-state index contributed by atoms with van der Waals surface area (Å²) in [6.45, 7) is 2.22. The Morgan fingerprint density at radius 2 is 1.38 bits per heavy atom. The van der Waals surface area contributed by atoms with Crippen LogP contribution in [-0.4, -0.2) is 0 Å². The Balaban J connectivity index is 1.78. The molecule has 0 saturated heterocycles. The smallest absolute Gasteiger partial charge is 0.194 e. The van der Waals surface area contributed by atoms with Gasteiger partial charge < -0.3 is 0 Å². The van der Waals surface area contributed by atoms with E-state index in [-0.39, 0.29) is 0 Å². The minimum absolute atomic E-state index is 0.466. The number of unbranched alkanes of at least 4 members (excludes halogenated alkanes) is 5. The highest BCUT2D eigenvalue weighted by atomic mass is 19.2. The van der Waals surface area contributed by atoms with Gasteiger partial charge in [-0.2, -0.15) is 0 Å². The lowest BCUT2D eigenvalue weighted by Gasteiger charge is -2.05. The summed E-state index contributed by atoms with van der Waals surface area (Å²) in [5, 5.41) is 0. The molecule has 0 N–H and O–H groups in total. The second-order valence-corrected chi connectivity index (χ2v) is 6.72. The van der Waals surface area contributed by atoms with E-state index in [9.17, 15) is 13.2 Å². The maximum Gasteiger partial charge on any atom is 0.194 e. The molecule has 26 heavy (non-hydrogen) atoms. The first-order valence-corrected chi connectivity index (χ1v) is 9.49. The second-order valence-electron chi connectivity index (χ2n) is 6.72. The monoisotopic (exact) mass is 360 g/mol. The number of allylic oxidation sites excluding steroid dienone is 1. The highest BCUT2D eigenvalue weighted by Gasteiger charge is 2.10. The molecule has 2 aromatic rings. The number of rotatable bonds is 10. The average Bonchev–Trinajstić information content (AvgIpc) is 2.64. The van der Waals surface area contributed by atoms with Gasteiger partial charge in [0.1, 0.15) is 0 Å². The molecule has 0 unspecified atom stereocenters. The zero-order valence-electron chi connectivity index (χ0n) is 15.4. The minimum Gasteiger partial charge on any atom is -0.204 e. The third kappa shape index (κ3) is 6.70. The first kappa shape index (κ1) is 20.3. The van der Waals surface area contributed by atoms with Gasteiger partial charge in [-0.25, -0.2) is 13.2 Å². The van der Waals surface area contributed by atoms with E-state index in [2.05, 4.69) is 31.2 Å². The molecule has 0 spiro atoms. The first-order chi connectivity index (χ1) is 12.6. The van der Waals surface area contributed by atoms with Crippen LogP contribution >= 0.6 is 0 Å². The van der Waals surface area contributed by atoms with Gasteiger partial charge in [-0.3, -0.25) is 0 Å². The van der Waals surface area contributed by atoms with Crippen LogP contribution in [-0.2, 0) is 12.8 Å². The fraction of sp³-hybridized carbons (Fsp3) is 0.391. The Labute approximate surface area is 154 Å². The average molecular weight is 360 g/mol. The Morgan fingerprint density at radius 1 is 0.769 bits per heavy atom. The molecule has 2 aromatic carbocycles. The summed E-state index contributed by atoms with van der Waals surface area (Å²) in [7, 11) is 0. The molecule has 0 aliphatic heterocycles. The predicted octanol–water partition coefficient (Wildman–Crippen LogP) is 7.26. The molecule has 0 bridgehead atoms. The number of benzene rings is 2. The third-order valence-electron chi connectivity index (χ3n) is 4.51. The summed E-state index contributed by atoms with van der Waals surface area (Å²) in [5.41, 5.74) is 2.71. The van der Waals surface area contributed by atoms with Gasteiger partial charge in [0, 0.05) is 0 Å². The van der Waals surface area contributed by atoms with Crippen LogP contribution in [0.25, 0.3) is 6.08 Å². The van der Waals surface area contributed by atoms with Gasteiger partial charge in [-0.05, 0) is 54.5 Å². The van der Waals surface area contributed by atoms with E-state index in [4.69, 9.17) is 0 Å². The Kier molecular flexibility index (Phi) is 8.46. The number of hydrogen-bond donors (Lipinski definition) is 0. The second kappa shape index (κ2) is 10.8. The molecular formula is C23H27F3. The molecule has 0 radical (unpaired) electrons.